The molecular formula is C9H10AtNO3. The zero-order valence-corrected chi connectivity index (χ0v) is 10.3. The number of ether oxygens (including phenoxy) is 1. The van der Waals surface area contributed by atoms with Crippen molar-refractivity contribution >= 4 is 11.7 Å². The fourth-order valence-electron chi connectivity index (χ4n) is 0.837. The maximum absolute atomic E-state index is 10.9. The van der Waals surface area contributed by atoms with Gasteiger partial charge in [0.2, 0.25) is 0 Å². The molecule has 1 aromatic carbocycles. The summed E-state index contributed by atoms with van der Waals surface area (Å²) < 4.78 is 3.79. The number of rotatable bonds is 3. The zero-order chi connectivity index (χ0) is 10.6. The SMILES string of the molecule is Nc1ccc(COC(=O)C(O)[At])cc1. The van der Waals surface area contributed by atoms with Crippen LogP contribution in [0.15, 0.2) is 24.3 Å². The van der Waals surface area contributed by atoms with Crippen molar-refractivity contribution in [1.29, 1.82) is 0 Å². The molecule has 0 saturated heterocycles. The molecular weight excluding hydrogens is 380 g/mol. The molecule has 1 rings (SSSR count). The van der Waals surface area contributed by atoms with Crippen molar-refractivity contribution in [2.75, 3.05) is 5.73 Å². The van der Waals surface area contributed by atoms with Gasteiger partial charge in [-0.05, 0) is 0 Å². The minimum absolute atomic E-state index is 0.166. The molecule has 0 spiro atoms. The first-order valence-corrected chi connectivity index (χ1v) is 5.62. The maximum atomic E-state index is 10.9. The number of carbonyl (C=O) groups is 1. The second-order valence-electron chi connectivity index (χ2n) is 2.69. The number of aliphatic hydroxyl groups excluding tert-OH is 1. The first kappa shape index (κ1) is 11.4. The van der Waals surface area contributed by atoms with Crippen LogP contribution < -0.4 is 5.73 Å². The third-order valence-corrected chi connectivity index (χ3v) is 2.25. The van der Waals surface area contributed by atoms with E-state index in [0.717, 1.165) is 30.3 Å². The summed E-state index contributed by atoms with van der Waals surface area (Å²) in [7, 11) is 0. The van der Waals surface area contributed by atoms with Crippen LogP contribution in [0.4, 0.5) is 5.69 Å². The number of esters is 1. The van der Waals surface area contributed by atoms with Gasteiger partial charge in [-0.1, -0.05) is 0 Å². The molecule has 4 nitrogen and oxygen atoms in total. The number of nitrogens with two attached hydrogens (primary N) is 1. The summed E-state index contributed by atoms with van der Waals surface area (Å²) in [6.07, 6.45) is 0. The van der Waals surface area contributed by atoms with Gasteiger partial charge >= 0.3 is 97.0 Å². The van der Waals surface area contributed by atoms with Gasteiger partial charge in [0.1, 0.15) is 0 Å². The molecule has 0 heterocycles. The molecule has 0 bridgehead atoms. The van der Waals surface area contributed by atoms with E-state index in [2.05, 4.69) is 0 Å². The van der Waals surface area contributed by atoms with Crippen molar-refractivity contribution < 1.29 is 39.4 Å². The van der Waals surface area contributed by atoms with Gasteiger partial charge in [-0.15, -0.1) is 0 Å². The van der Waals surface area contributed by atoms with Gasteiger partial charge in [-0.2, -0.15) is 0 Å². The molecule has 5 heteroatoms. The Morgan fingerprint density at radius 2 is 2.07 bits per heavy atom. The van der Waals surface area contributed by atoms with Gasteiger partial charge in [0.25, 0.3) is 0 Å². The van der Waals surface area contributed by atoms with Crippen LogP contribution in [-0.2, 0) is 16.1 Å². The number of nitrogen functional groups attached to an aromatic ring is 1. The molecule has 0 aliphatic heterocycles. The Balaban J connectivity index is 2.46. The molecule has 1 unspecified atom stereocenters. The molecule has 3 N–H and O–H groups in total. The van der Waals surface area contributed by atoms with E-state index in [0.29, 0.717) is 5.69 Å². The predicted molar refractivity (Wildman–Crippen MR) is 46.7 cm³/mol. The van der Waals surface area contributed by atoms with Gasteiger partial charge in [-0.25, -0.2) is 0 Å². The summed E-state index contributed by atoms with van der Waals surface area (Å²) in [4.78, 5) is 10.9. The quantitative estimate of drug-likeness (QED) is 0.571. The summed E-state index contributed by atoms with van der Waals surface area (Å²) in [5.41, 5.74) is 7.00. The van der Waals surface area contributed by atoms with Gasteiger partial charge in [0.05, 0.1) is 0 Å². The van der Waals surface area contributed by atoms with Crippen LogP contribution in [0.25, 0.3) is 0 Å². The molecule has 1 aromatic rings. The van der Waals surface area contributed by atoms with E-state index >= 15 is 0 Å². The van der Waals surface area contributed by atoms with E-state index < -0.39 is 9.78 Å². The summed E-state index contributed by atoms with van der Waals surface area (Å²) >= 11 is 0.975. The number of hydrogen-bond acceptors (Lipinski definition) is 4. The fraction of sp³-hybridized carbons (Fsp3) is 0.222. The van der Waals surface area contributed by atoms with Crippen LogP contribution in [0.5, 0.6) is 0 Å². The number of carbonyl (C=O) groups excluding carboxylic acids is 1. The third-order valence-electron chi connectivity index (χ3n) is 1.56. The van der Waals surface area contributed by atoms with Crippen molar-refractivity contribution in [3.63, 3.8) is 0 Å². The molecule has 76 valence electrons. The van der Waals surface area contributed by atoms with E-state index in [1.54, 1.807) is 24.3 Å². The number of hydrogen-bond donors (Lipinski definition) is 2. The van der Waals surface area contributed by atoms with Gasteiger partial charge in [0, 0.05) is 0 Å². The van der Waals surface area contributed by atoms with E-state index in [-0.39, 0.29) is 6.61 Å². The monoisotopic (exact) mass is 390 g/mol. The molecule has 0 aliphatic rings. The van der Waals surface area contributed by atoms with E-state index in [1.807, 2.05) is 0 Å². The standard InChI is InChI=1S/C9H10AtNO3/c10-8(12)9(13)14-5-6-1-3-7(11)4-2-6/h1-4,8,12H,5,11H2. The van der Waals surface area contributed by atoms with Gasteiger partial charge in [0.15, 0.2) is 0 Å². The number of aliphatic hydroxyl groups is 1. The van der Waals surface area contributed by atoms with E-state index in [4.69, 9.17) is 15.6 Å². The average molecular weight is 390 g/mol. The average Bonchev–Trinajstić information content (AvgIpc) is 2.16. The molecule has 0 aromatic heterocycles. The first-order chi connectivity index (χ1) is 6.59. The predicted octanol–water partition coefficient (Wildman–Crippen LogP) is 0.180. The third kappa shape index (κ3) is 3.60. The Bertz CT molecular complexity index is 310. The van der Waals surface area contributed by atoms with Crippen LogP contribution in [0.2, 0.25) is 0 Å². The van der Waals surface area contributed by atoms with E-state index in [9.17, 15) is 4.79 Å². The van der Waals surface area contributed by atoms with Crippen LogP contribution in [0.1, 0.15) is 5.56 Å². The van der Waals surface area contributed by atoms with Crippen molar-refractivity contribution in [2.45, 2.75) is 10.4 Å². The van der Waals surface area contributed by atoms with Crippen LogP contribution in [0.3, 0.4) is 0 Å². The molecule has 14 heavy (non-hydrogen) atoms. The normalized spacial score (nSPS) is 12.1. The van der Waals surface area contributed by atoms with Crippen molar-refractivity contribution in [3.05, 3.63) is 29.8 Å². The summed E-state index contributed by atoms with van der Waals surface area (Å²) in [5, 5.41) is 8.87. The zero-order valence-electron chi connectivity index (χ0n) is 7.31. The van der Waals surface area contributed by atoms with Crippen LogP contribution in [-0.4, -0.2) is 14.9 Å². The Labute approximate surface area is 96.9 Å². The van der Waals surface area contributed by atoms with Gasteiger partial charge < -0.3 is 0 Å². The Morgan fingerprint density at radius 3 is 2.57 bits per heavy atom. The summed E-state index contributed by atoms with van der Waals surface area (Å²) in [5.74, 6) is -0.599. The molecule has 0 aliphatic carbocycles. The van der Waals surface area contributed by atoms with Crippen LogP contribution in [0, 0.1) is 24.7 Å². The molecule has 0 fully saturated rings. The molecule has 0 amide bonds. The Kier molecular flexibility index (Phi) is 4.30. The number of benzene rings is 1. The fourth-order valence-corrected chi connectivity index (χ4v) is 1.08. The summed E-state index contributed by atoms with van der Waals surface area (Å²) in [6.45, 7) is 0.166. The second kappa shape index (κ2) is 5.27. The topological polar surface area (TPSA) is 72.5 Å². The molecule has 1 atom stereocenters. The number of anilines is 1. The molecule has 0 radical (unpaired) electrons. The van der Waals surface area contributed by atoms with E-state index in [1.165, 1.54) is 0 Å². The Morgan fingerprint density at radius 1 is 1.50 bits per heavy atom. The molecule has 0 saturated carbocycles. The van der Waals surface area contributed by atoms with Crippen molar-refractivity contribution in [2.24, 2.45) is 0 Å². The Hall–Kier alpha value is -0.667. The van der Waals surface area contributed by atoms with Crippen molar-refractivity contribution in [1.82, 2.24) is 0 Å². The first-order valence-electron chi connectivity index (χ1n) is 3.93. The van der Waals surface area contributed by atoms with Crippen molar-refractivity contribution in [3.8, 4) is 0 Å². The van der Waals surface area contributed by atoms with Gasteiger partial charge in [-0.3, -0.25) is 0 Å². The second-order valence-corrected chi connectivity index (χ2v) is 4.29. The van der Waals surface area contributed by atoms with Crippen LogP contribution >= 0.6 is 0 Å². The summed E-state index contributed by atoms with van der Waals surface area (Å²) in [6, 6.07) is 7.01. The minimum atomic E-state index is -1.02.